The molecular formula is C18H16N4O6S. The van der Waals surface area contributed by atoms with Crippen LogP contribution in [0.25, 0.3) is 0 Å². The Bertz CT molecular complexity index is 1200. The van der Waals surface area contributed by atoms with Crippen molar-refractivity contribution in [2.45, 2.75) is 18.7 Å². The maximum absolute atomic E-state index is 12.6. The van der Waals surface area contributed by atoms with Crippen LogP contribution in [0.15, 0.2) is 58.1 Å². The molecule has 0 aliphatic carbocycles. The van der Waals surface area contributed by atoms with Gasteiger partial charge in [0.2, 0.25) is 0 Å². The van der Waals surface area contributed by atoms with Crippen molar-refractivity contribution in [3.05, 3.63) is 75.7 Å². The van der Waals surface area contributed by atoms with Gasteiger partial charge in [0.1, 0.15) is 11.3 Å². The molecule has 0 fully saturated rings. The zero-order chi connectivity index (χ0) is 21.2. The van der Waals surface area contributed by atoms with Gasteiger partial charge >= 0.3 is 0 Å². The van der Waals surface area contributed by atoms with Crippen LogP contribution in [0, 0.1) is 24.0 Å². The summed E-state index contributed by atoms with van der Waals surface area (Å²) < 4.78 is 32.4. The molecule has 3 rings (SSSR count). The second-order valence-corrected chi connectivity index (χ2v) is 7.82. The lowest BCUT2D eigenvalue weighted by atomic mass is 10.2. The first-order valence-corrected chi connectivity index (χ1v) is 9.76. The predicted octanol–water partition coefficient (Wildman–Crippen LogP) is 3.25. The third-order valence-electron chi connectivity index (χ3n) is 4.06. The SMILES string of the molecule is Cc1ccc(S(=O)(=O)Nc2cccc(NC(=O)c3cnoc3C)c2)cc1[N+](=O)[O-]. The number of carbonyl (C=O) groups is 1. The van der Waals surface area contributed by atoms with E-state index in [0.717, 1.165) is 6.07 Å². The number of rotatable bonds is 6. The molecule has 0 aliphatic rings. The van der Waals surface area contributed by atoms with Gasteiger partial charge in [-0.05, 0) is 38.1 Å². The molecule has 2 aromatic carbocycles. The number of carbonyl (C=O) groups excluding carboxylic acids is 1. The van der Waals surface area contributed by atoms with Crippen molar-refractivity contribution < 1.29 is 22.7 Å². The highest BCUT2D eigenvalue weighted by molar-refractivity contribution is 7.92. The van der Waals surface area contributed by atoms with Gasteiger partial charge in [-0.2, -0.15) is 0 Å². The minimum absolute atomic E-state index is 0.174. The summed E-state index contributed by atoms with van der Waals surface area (Å²) in [6, 6.07) is 9.68. The zero-order valence-corrected chi connectivity index (χ0v) is 16.2. The molecule has 11 heteroatoms. The first-order valence-electron chi connectivity index (χ1n) is 8.28. The van der Waals surface area contributed by atoms with Crippen LogP contribution in [0.4, 0.5) is 17.1 Å². The maximum atomic E-state index is 12.6. The Morgan fingerprint density at radius 2 is 1.86 bits per heavy atom. The van der Waals surface area contributed by atoms with Crippen molar-refractivity contribution in [2.75, 3.05) is 10.0 Å². The number of anilines is 2. The molecule has 150 valence electrons. The molecule has 3 aromatic rings. The average Bonchev–Trinajstić information content (AvgIpc) is 3.07. The van der Waals surface area contributed by atoms with Crippen molar-refractivity contribution in [2.24, 2.45) is 0 Å². The molecule has 0 radical (unpaired) electrons. The van der Waals surface area contributed by atoms with E-state index in [0.29, 0.717) is 17.0 Å². The highest BCUT2D eigenvalue weighted by Gasteiger charge is 2.20. The monoisotopic (exact) mass is 416 g/mol. The molecule has 1 amide bonds. The van der Waals surface area contributed by atoms with Crippen molar-refractivity contribution in [1.82, 2.24) is 5.16 Å². The molecule has 0 bridgehead atoms. The van der Waals surface area contributed by atoms with Gasteiger partial charge in [-0.25, -0.2) is 8.42 Å². The van der Waals surface area contributed by atoms with E-state index in [1.54, 1.807) is 19.1 Å². The number of aryl methyl sites for hydroxylation is 2. The lowest BCUT2D eigenvalue weighted by Crippen LogP contribution is -2.15. The van der Waals surface area contributed by atoms with Crippen molar-refractivity contribution in [3.63, 3.8) is 0 Å². The van der Waals surface area contributed by atoms with Crippen LogP contribution in [0.1, 0.15) is 21.7 Å². The standard InChI is InChI=1S/C18H16N4O6S/c1-11-6-7-15(9-17(11)22(24)25)29(26,27)21-14-5-3-4-13(8-14)20-18(23)16-10-19-28-12(16)2/h3-10,21H,1-2H3,(H,20,23). The van der Waals surface area contributed by atoms with Crippen molar-refractivity contribution in [3.8, 4) is 0 Å². The molecule has 0 aliphatic heterocycles. The van der Waals surface area contributed by atoms with Crippen LogP contribution >= 0.6 is 0 Å². The minimum Gasteiger partial charge on any atom is -0.361 e. The molecule has 10 nitrogen and oxygen atoms in total. The fourth-order valence-corrected chi connectivity index (χ4v) is 3.61. The molecule has 0 saturated carbocycles. The van der Waals surface area contributed by atoms with E-state index >= 15 is 0 Å². The van der Waals surface area contributed by atoms with E-state index in [9.17, 15) is 23.3 Å². The van der Waals surface area contributed by atoms with Gasteiger partial charge in [0.25, 0.3) is 21.6 Å². The summed E-state index contributed by atoms with van der Waals surface area (Å²) in [5, 5.41) is 17.2. The number of benzene rings is 2. The number of hydrogen-bond donors (Lipinski definition) is 2. The molecule has 29 heavy (non-hydrogen) atoms. The quantitative estimate of drug-likeness (QED) is 0.463. The number of nitro benzene ring substituents is 1. The van der Waals surface area contributed by atoms with E-state index in [-0.39, 0.29) is 21.8 Å². The van der Waals surface area contributed by atoms with Gasteiger partial charge in [0.05, 0.1) is 21.7 Å². The molecule has 0 spiro atoms. The largest absolute Gasteiger partial charge is 0.361 e. The van der Waals surface area contributed by atoms with Gasteiger partial charge in [-0.3, -0.25) is 19.6 Å². The average molecular weight is 416 g/mol. The lowest BCUT2D eigenvalue weighted by Gasteiger charge is -2.10. The number of amides is 1. The Hall–Kier alpha value is -3.73. The van der Waals surface area contributed by atoms with Crippen LogP contribution in [0.5, 0.6) is 0 Å². The number of sulfonamides is 1. The Kier molecular flexibility index (Phi) is 5.33. The van der Waals surface area contributed by atoms with Crippen LogP contribution in [0.3, 0.4) is 0 Å². The second-order valence-electron chi connectivity index (χ2n) is 6.14. The number of nitro groups is 1. The molecular weight excluding hydrogens is 400 g/mol. The van der Waals surface area contributed by atoms with Crippen LogP contribution in [0.2, 0.25) is 0 Å². The summed E-state index contributed by atoms with van der Waals surface area (Å²) in [5.41, 5.74) is 0.822. The Labute approximate surface area is 165 Å². The van der Waals surface area contributed by atoms with Gasteiger partial charge in [-0.15, -0.1) is 0 Å². The summed E-state index contributed by atoms with van der Waals surface area (Å²) in [4.78, 5) is 22.4. The maximum Gasteiger partial charge on any atom is 0.273 e. The van der Waals surface area contributed by atoms with E-state index < -0.39 is 20.9 Å². The third kappa shape index (κ3) is 4.41. The lowest BCUT2D eigenvalue weighted by molar-refractivity contribution is -0.385. The Morgan fingerprint density at radius 1 is 1.14 bits per heavy atom. The minimum atomic E-state index is -4.07. The molecule has 0 atom stereocenters. The first-order chi connectivity index (χ1) is 13.7. The highest BCUT2D eigenvalue weighted by Crippen LogP contribution is 2.25. The summed E-state index contributed by atoms with van der Waals surface area (Å²) in [6.45, 7) is 3.11. The van der Waals surface area contributed by atoms with Crippen LogP contribution in [-0.2, 0) is 10.0 Å². The predicted molar refractivity (Wildman–Crippen MR) is 104 cm³/mol. The summed E-state index contributed by atoms with van der Waals surface area (Å²) in [5.74, 6) is -0.113. The summed E-state index contributed by atoms with van der Waals surface area (Å²) in [7, 11) is -4.07. The topological polar surface area (TPSA) is 144 Å². The fourth-order valence-electron chi connectivity index (χ4n) is 2.54. The first kappa shape index (κ1) is 20.0. The summed E-state index contributed by atoms with van der Waals surface area (Å²) >= 11 is 0. The fraction of sp³-hybridized carbons (Fsp3) is 0.111. The van der Waals surface area contributed by atoms with Crippen molar-refractivity contribution >= 4 is 33.0 Å². The molecule has 1 aromatic heterocycles. The Morgan fingerprint density at radius 3 is 2.52 bits per heavy atom. The smallest absolute Gasteiger partial charge is 0.273 e. The molecule has 0 unspecified atom stereocenters. The zero-order valence-electron chi connectivity index (χ0n) is 15.4. The number of nitrogens with zero attached hydrogens (tertiary/aromatic N) is 2. The summed E-state index contributed by atoms with van der Waals surface area (Å²) in [6.07, 6.45) is 1.28. The van der Waals surface area contributed by atoms with Crippen molar-refractivity contribution in [1.29, 1.82) is 0 Å². The Balaban J connectivity index is 1.82. The number of hydrogen-bond acceptors (Lipinski definition) is 7. The van der Waals surface area contributed by atoms with Gasteiger partial charge < -0.3 is 9.84 Å². The number of aromatic nitrogens is 1. The van der Waals surface area contributed by atoms with Crippen LogP contribution < -0.4 is 10.0 Å². The normalized spacial score (nSPS) is 11.1. The molecule has 2 N–H and O–H groups in total. The van der Waals surface area contributed by atoms with Gasteiger partial charge in [0, 0.05) is 17.3 Å². The van der Waals surface area contributed by atoms with E-state index in [1.165, 1.54) is 37.4 Å². The number of nitrogens with one attached hydrogen (secondary N) is 2. The van der Waals surface area contributed by atoms with Gasteiger partial charge in [-0.1, -0.05) is 17.3 Å². The highest BCUT2D eigenvalue weighted by atomic mass is 32.2. The van der Waals surface area contributed by atoms with E-state index in [1.807, 2.05) is 0 Å². The third-order valence-corrected chi connectivity index (χ3v) is 5.43. The molecule has 0 saturated heterocycles. The second kappa shape index (κ2) is 7.72. The van der Waals surface area contributed by atoms with E-state index in [4.69, 9.17) is 4.52 Å². The van der Waals surface area contributed by atoms with E-state index in [2.05, 4.69) is 15.2 Å². The van der Waals surface area contributed by atoms with Gasteiger partial charge in [0.15, 0.2) is 0 Å². The molecule has 1 heterocycles. The van der Waals surface area contributed by atoms with Crippen LogP contribution in [-0.4, -0.2) is 24.4 Å².